The Kier molecular flexibility index (Phi) is 5.18. The average Bonchev–Trinajstić information content (AvgIpc) is 2.91. The van der Waals surface area contributed by atoms with Gasteiger partial charge in [-0.15, -0.1) is 11.3 Å². The molecule has 1 heterocycles. The Balaban J connectivity index is 2.46. The van der Waals surface area contributed by atoms with Crippen LogP contribution in [0.15, 0.2) is 24.3 Å². The van der Waals surface area contributed by atoms with Gasteiger partial charge < -0.3 is 14.2 Å². The summed E-state index contributed by atoms with van der Waals surface area (Å²) in [5, 5.41) is 0. The van der Waals surface area contributed by atoms with Crippen LogP contribution in [0.4, 0.5) is 0 Å². The summed E-state index contributed by atoms with van der Waals surface area (Å²) in [6.45, 7) is 0. The summed E-state index contributed by atoms with van der Waals surface area (Å²) in [6, 6.07) is 7.73. The van der Waals surface area contributed by atoms with Crippen LogP contribution in [-0.2, 0) is 0 Å². The molecule has 1 atom stereocenters. The third-order valence-corrected chi connectivity index (χ3v) is 5.44. The van der Waals surface area contributed by atoms with Gasteiger partial charge in [0.05, 0.1) is 30.5 Å². The van der Waals surface area contributed by atoms with Gasteiger partial charge >= 0.3 is 0 Å². The molecule has 3 nitrogen and oxygen atoms in total. The number of methoxy groups -OCH3 is 3. The first kappa shape index (κ1) is 15.5. The van der Waals surface area contributed by atoms with Crippen molar-refractivity contribution in [3.05, 3.63) is 39.0 Å². The first-order chi connectivity index (χ1) is 9.60. The quantitative estimate of drug-likeness (QED) is 0.693. The molecule has 1 aromatic heterocycles. The minimum Gasteiger partial charge on any atom is -0.493 e. The van der Waals surface area contributed by atoms with E-state index in [0.29, 0.717) is 17.2 Å². The Bertz CT molecular complexity index is 575. The van der Waals surface area contributed by atoms with Gasteiger partial charge in [-0.05, 0) is 29.8 Å². The second-order valence-electron chi connectivity index (χ2n) is 3.96. The van der Waals surface area contributed by atoms with E-state index in [1.165, 1.54) is 11.3 Å². The van der Waals surface area contributed by atoms with Gasteiger partial charge in [0.2, 0.25) is 5.75 Å². The zero-order valence-corrected chi connectivity index (χ0v) is 14.4. The highest BCUT2D eigenvalue weighted by Gasteiger charge is 2.19. The van der Waals surface area contributed by atoms with Crippen LogP contribution < -0.4 is 14.2 Å². The van der Waals surface area contributed by atoms with E-state index in [-0.39, 0.29) is 4.83 Å². The van der Waals surface area contributed by atoms with Crippen LogP contribution in [0.1, 0.15) is 15.3 Å². The predicted molar refractivity (Wildman–Crippen MR) is 86.2 cm³/mol. The van der Waals surface area contributed by atoms with Crippen molar-refractivity contribution in [2.24, 2.45) is 0 Å². The number of ether oxygens (including phenoxy) is 3. The van der Waals surface area contributed by atoms with Crippen molar-refractivity contribution in [3.8, 4) is 17.2 Å². The van der Waals surface area contributed by atoms with E-state index >= 15 is 0 Å². The van der Waals surface area contributed by atoms with Gasteiger partial charge in [-0.25, -0.2) is 0 Å². The number of hydrogen-bond donors (Lipinski definition) is 0. The fourth-order valence-corrected chi connectivity index (χ4v) is 3.64. The topological polar surface area (TPSA) is 27.7 Å². The summed E-state index contributed by atoms with van der Waals surface area (Å²) in [5.74, 6) is 1.85. The number of rotatable bonds is 5. The SMILES string of the molecule is COc1cc(C(Br)c2ccc(Cl)s2)cc(OC)c1OC. The van der Waals surface area contributed by atoms with Crippen molar-refractivity contribution in [1.82, 2.24) is 0 Å². The first-order valence-corrected chi connectivity index (χ1v) is 7.91. The van der Waals surface area contributed by atoms with Crippen molar-refractivity contribution >= 4 is 38.9 Å². The van der Waals surface area contributed by atoms with Crippen LogP contribution >= 0.6 is 38.9 Å². The van der Waals surface area contributed by atoms with Crippen molar-refractivity contribution in [3.63, 3.8) is 0 Å². The third-order valence-electron chi connectivity index (χ3n) is 2.82. The lowest BCUT2D eigenvalue weighted by Crippen LogP contribution is -1.98. The number of halogens is 2. The zero-order chi connectivity index (χ0) is 14.7. The molecule has 0 aliphatic carbocycles. The summed E-state index contributed by atoms with van der Waals surface area (Å²) in [6.07, 6.45) is 0. The van der Waals surface area contributed by atoms with E-state index in [2.05, 4.69) is 15.9 Å². The number of thiophene rings is 1. The molecule has 0 saturated carbocycles. The molecule has 6 heteroatoms. The van der Waals surface area contributed by atoms with E-state index in [9.17, 15) is 0 Å². The van der Waals surface area contributed by atoms with Crippen LogP contribution in [0, 0.1) is 0 Å². The van der Waals surface area contributed by atoms with Crippen molar-refractivity contribution in [2.45, 2.75) is 4.83 Å². The molecule has 0 aliphatic rings. The lowest BCUT2D eigenvalue weighted by molar-refractivity contribution is 0.324. The molecular weight excluding hydrogens is 364 g/mol. The Morgan fingerprint density at radius 1 is 1.05 bits per heavy atom. The third kappa shape index (κ3) is 3.05. The molecule has 1 unspecified atom stereocenters. The van der Waals surface area contributed by atoms with Gasteiger partial charge in [-0.2, -0.15) is 0 Å². The smallest absolute Gasteiger partial charge is 0.203 e. The minimum absolute atomic E-state index is 0.0220. The normalized spacial score (nSPS) is 12.1. The molecule has 2 rings (SSSR count). The lowest BCUT2D eigenvalue weighted by atomic mass is 10.1. The molecule has 0 saturated heterocycles. The second-order valence-corrected chi connectivity index (χ2v) is 6.63. The summed E-state index contributed by atoms with van der Waals surface area (Å²) in [4.78, 5) is 1.14. The molecular formula is C14H14BrClO3S. The summed E-state index contributed by atoms with van der Waals surface area (Å²) in [7, 11) is 4.79. The van der Waals surface area contributed by atoms with E-state index in [4.69, 9.17) is 25.8 Å². The van der Waals surface area contributed by atoms with Crippen molar-refractivity contribution < 1.29 is 14.2 Å². The Morgan fingerprint density at radius 3 is 2.05 bits per heavy atom. The first-order valence-electron chi connectivity index (χ1n) is 5.80. The van der Waals surface area contributed by atoms with Crippen LogP contribution in [0.2, 0.25) is 4.34 Å². The van der Waals surface area contributed by atoms with Crippen LogP contribution in [0.25, 0.3) is 0 Å². The zero-order valence-electron chi connectivity index (χ0n) is 11.3. The standard InChI is InChI=1S/C14H14BrClO3S/c1-17-9-6-8(7-10(18-2)14(9)19-3)13(15)11-4-5-12(16)20-11/h4-7,13H,1-3H3. The van der Waals surface area contributed by atoms with Gasteiger partial charge in [0.1, 0.15) is 0 Å². The lowest BCUT2D eigenvalue weighted by Gasteiger charge is -2.16. The summed E-state index contributed by atoms with van der Waals surface area (Å²) >= 11 is 11.2. The molecule has 2 aromatic rings. The minimum atomic E-state index is 0.0220. The molecule has 20 heavy (non-hydrogen) atoms. The Hall–Kier alpha value is -0.910. The Morgan fingerprint density at radius 2 is 1.65 bits per heavy atom. The number of hydrogen-bond acceptors (Lipinski definition) is 4. The maximum absolute atomic E-state index is 5.99. The van der Waals surface area contributed by atoms with E-state index in [0.717, 1.165) is 14.8 Å². The maximum atomic E-state index is 5.99. The van der Waals surface area contributed by atoms with Crippen molar-refractivity contribution in [1.29, 1.82) is 0 Å². The van der Waals surface area contributed by atoms with Gasteiger partial charge in [0.15, 0.2) is 11.5 Å². The van der Waals surface area contributed by atoms with Gasteiger partial charge in [-0.1, -0.05) is 27.5 Å². The largest absolute Gasteiger partial charge is 0.493 e. The van der Waals surface area contributed by atoms with Gasteiger partial charge in [0.25, 0.3) is 0 Å². The van der Waals surface area contributed by atoms with Crippen LogP contribution in [0.3, 0.4) is 0 Å². The van der Waals surface area contributed by atoms with Crippen molar-refractivity contribution in [2.75, 3.05) is 21.3 Å². The van der Waals surface area contributed by atoms with E-state index in [1.54, 1.807) is 21.3 Å². The van der Waals surface area contributed by atoms with E-state index in [1.807, 2.05) is 24.3 Å². The molecule has 0 amide bonds. The second kappa shape index (κ2) is 6.70. The highest BCUT2D eigenvalue weighted by atomic mass is 79.9. The number of benzene rings is 1. The predicted octanol–water partition coefficient (Wildman–Crippen LogP) is 4.91. The molecule has 108 valence electrons. The molecule has 0 N–H and O–H groups in total. The fourth-order valence-electron chi connectivity index (χ4n) is 1.88. The number of alkyl halides is 1. The molecule has 0 radical (unpaired) electrons. The monoisotopic (exact) mass is 376 g/mol. The molecule has 0 fully saturated rings. The van der Waals surface area contributed by atoms with Gasteiger partial charge in [0, 0.05) is 4.88 Å². The highest BCUT2D eigenvalue weighted by Crippen LogP contribution is 2.44. The molecule has 0 spiro atoms. The average molecular weight is 378 g/mol. The van der Waals surface area contributed by atoms with Gasteiger partial charge in [-0.3, -0.25) is 0 Å². The maximum Gasteiger partial charge on any atom is 0.203 e. The van der Waals surface area contributed by atoms with Crippen LogP contribution in [0.5, 0.6) is 17.2 Å². The fraction of sp³-hybridized carbons (Fsp3) is 0.286. The summed E-state index contributed by atoms with van der Waals surface area (Å²) in [5.41, 5.74) is 1.01. The van der Waals surface area contributed by atoms with E-state index < -0.39 is 0 Å². The summed E-state index contributed by atoms with van der Waals surface area (Å²) < 4.78 is 16.8. The Labute approximate surface area is 135 Å². The molecule has 0 bridgehead atoms. The molecule has 1 aromatic carbocycles. The van der Waals surface area contributed by atoms with Crippen LogP contribution in [-0.4, -0.2) is 21.3 Å². The molecule has 0 aliphatic heterocycles. The highest BCUT2D eigenvalue weighted by molar-refractivity contribution is 9.09.